The lowest BCUT2D eigenvalue weighted by atomic mass is 9.49. The lowest BCUT2D eigenvalue weighted by Gasteiger charge is -2.56. The van der Waals surface area contributed by atoms with Crippen LogP contribution in [-0.2, 0) is 5.41 Å². The molecule has 5 rings (SSSR count). The smallest absolute Gasteiger partial charge is 0.149 e. The van der Waals surface area contributed by atoms with E-state index in [1.165, 1.54) is 44.3 Å². The second kappa shape index (κ2) is 3.99. The summed E-state index contributed by atoms with van der Waals surface area (Å²) in [5.41, 5.74) is 0.382. The summed E-state index contributed by atoms with van der Waals surface area (Å²) in [6.07, 6.45) is 10.5. The molecule has 1 aromatic rings. The van der Waals surface area contributed by atoms with Gasteiger partial charge in [0.2, 0.25) is 0 Å². The molecule has 18 heavy (non-hydrogen) atoms. The van der Waals surface area contributed by atoms with Crippen molar-refractivity contribution < 1.29 is 0 Å². The summed E-state index contributed by atoms with van der Waals surface area (Å²) in [6.45, 7) is 2.20. The number of hydrogen-bond donors (Lipinski definition) is 0. The standard InChI is InChI=1S/C14H21N3S/c1-2-18-17-9-15-16-13(17)14-6-10-3-11(7-14)5-12(4-10)8-14/h9-12H,2-8H2,1H3. The summed E-state index contributed by atoms with van der Waals surface area (Å²) in [7, 11) is 0. The van der Waals surface area contributed by atoms with Crippen LogP contribution >= 0.6 is 11.9 Å². The third-order valence-corrected chi connectivity index (χ3v) is 6.10. The van der Waals surface area contributed by atoms with E-state index < -0.39 is 0 Å². The van der Waals surface area contributed by atoms with E-state index in [1.54, 1.807) is 0 Å². The molecule has 4 heteroatoms. The maximum absolute atomic E-state index is 4.52. The molecule has 0 atom stereocenters. The van der Waals surface area contributed by atoms with Crippen molar-refractivity contribution in [2.75, 3.05) is 5.75 Å². The Kier molecular flexibility index (Phi) is 2.51. The Morgan fingerprint density at radius 2 is 1.83 bits per heavy atom. The fraction of sp³-hybridized carbons (Fsp3) is 0.857. The molecule has 98 valence electrons. The summed E-state index contributed by atoms with van der Waals surface area (Å²) >= 11 is 1.85. The van der Waals surface area contributed by atoms with E-state index >= 15 is 0 Å². The number of hydrogen-bond acceptors (Lipinski definition) is 3. The van der Waals surface area contributed by atoms with Crippen molar-refractivity contribution >= 4 is 11.9 Å². The normalized spacial score (nSPS) is 41.5. The minimum atomic E-state index is 0.382. The minimum absolute atomic E-state index is 0.382. The molecule has 0 saturated heterocycles. The second-order valence-corrected chi connectivity index (χ2v) is 7.82. The van der Waals surface area contributed by atoms with Gasteiger partial charge < -0.3 is 0 Å². The Morgan fingerprint density at radius 1 is 1.22 bits per heavy atom. The van der Waals surface area contributed by atoms with Crippen LogP contribution in [0.1, 0.15) is 51.3 Å². The topological polar surface area (TPSA) is 30.7 Å². The minimum Gasteiger partial charge on any atom is -0.258 e. The monoisotopic (exact) mass is 263 g/mol. The zero-order valence-corrected chi connectivity index (χ0v) is 11.8. The molecule has 4 bridgehead atoms. The van der Waals surface area contributed by atoms with Gasteiger partial charge in [-0.3, -0.25) is 3.97 Å². The van der Waals surface area contributed by atoms with Crippen molar-refractivity contribution in [3.8, 4) is 0 Å². The van der Waals surface area contributed by atoms with E-state index in [0.29, 0.717) is 5.41 Å². The molecule has 4 aliphatic carbocycles. The molecule has 4 aliphatic rings. The lowest BCUT2D eigenvalue weighted by Crippen LogP contribution is -2.49. The van der Waals surface area contributed by atoms with Crippen molar-refractivity contribution in [3.05, 3.63) is 12.2 Å². The van der Waals surface area contributed by atoms with Gasteiger partial charge in [-0.2, -0.15) is 0 Å². The molecule has 0 amide bonds. The van der Waals surface area contributed by atoms with Gasteiger partial charge >= 0.3 is 0 Å². The van der Waals surface area contributed by atoms with E-state index in [2.05, 4.69) is 21.1 Å². The molecule has 0 spiro atoms. The highest BCUT2D eigenvalue weighted by Crippen LogP contribution is 2.60. The van der Waals surface area contributed by atoms with E-state index in [9.17, 15) is 0 Å². The second-order valence-electron chi connectivity index (χ2n) is 6.60. The van der Waals surface area contributed by atoms with Crippen LogP contribution in [-0.4, -0.2) is 19.9 Å². The molecule has 1 heterocycles. The van der Waals surface area contributed by atoms with Crippen molar-refractivity contribution in [1.82, 2.24) is 14.2 Å². The van der Waals surface area contributed by atoms with Crippen LogP contribution in [0.5, 0.6) is 0 Å². The van der Waals surface area contributed by atoms with Gasteiger partial charge in [-0.1, -0.05) is 6.92 Å². The lowest BCUT2D eigenvalue weighted by molar-refractivity contribution is -0.00965. The zero-order chi connectivity index (χ0) is 12.2. The molecule has 1 aromatic heterocycles. The molecule has 0 N–H and O–H groups in total. The average molecular weight is 263 g/mol. The third kappa shape index (κ3) is 1.57. The first-order valence-corrected chi connectivity index (χ1v) is 8.27. The first-order chi connectivity index (χ1) is 8.79. The maximum atomic E-state index is 4.52. The Hall–Kier alpha value is -0.510. The highest BCUT2D eigenvalue weighted by atomic mass is 32.2. The molecule has 0 aromatic carbocycles. The van der Waals surface area contributed by atoms with Gasteiger partial charge in [-0.25, -0.2) is 0 Å². The third-order valence-electron chi connectivity index (χ3n) is 5.30. The van der Waals surface area contributed by atoms with E-state index in [1.807, 2.05) is 18.3 Å². The number of aromatic nitrogens is 3. The van der Waals surface area contributed by atoms with Gasteiger partial charge in [0.25, 0.3) is 0 Å². The fourth-order valence-corrected chi connectivity index (χ4v) is 5.92. The SMILES string of the molecule is CCSn1cnnc1C12CC3CC(CC(C3)C1)C2. The number of nitrogens with zero attached hydrogens (tertiary/aromatic N) is 3. The van der Waals surface area contributed by atoms with Crippen LogP contribution in [0.2, 0.25) is 0 Å². The molecule has 3 nitrogen and oxygen atoms in total. The van der Waals surface area contributed by atoms with Gasteiger partial charge in [0, 0.05) is 11.2 Å². The predicted octanol–water partition coefficient (Wildman–Crippen LogP) is 3.26. The summed E-state index contributed by atoms with van der Waals surface area (Å²) in [5.74, 6) is 5.32. The molecule has 4 fully saturated rings. The van der Waals surface area contributed by atoms with Crippen LogP contribution in [0, 0.1) is 17.8 Å². The van der Waals surface area contributed by atoms with Crippen molar-refractivity contribution in [2.24, 2.45) is 17.8 Å². The fourth-order valence-electron chi connectivity index (χ4n) is 5.18. The van der Waals surface area contributed by atoms with E-state index in [-0.39, 0.29) is 0 Å². The number of rotatable bonds is 3. The first kappa shape index (κ1) is 11.3. The van der Waals surface area contributed by atoms with Crippen LogP contribution < -0.4 is 0 Å². The quantitative estimate of drug-likeness (QED) is 0.838. The summed E-state index contributed by atoms with van der Waals surface area (Å²) in [5, 5.41) is 8.71. The summed E-state index contributed by atoms with van der Waals surface area (Å²) in [6, 6.07) is 0. The highest BCUT2D eigenvalue weighted by molar-refractivity contribution is 7.97. The van der Waals surface area contributed by atoms with Gasteiger partial charge in [0.15, 0.2) is 0 Å². The first-order valence-electron chi connectivity index (χ1n) is 7.33. The predicted molar refractivity (Wildman–Crippen MR) is 73.4 cm³/mol. The maximum Gasteiger partial charge on any atom is 0.149 e. The van der Waals surface area contributed by atoms with Gasteiger partial charge in [0.05, 0.1) is 0 Å². The van der Waals surface area contributed by atoms with E-state index in [0.717, 1.165) is 23.5 Å². The Bertz CT molecular complexity index is 418. The largest absolute Gasteiger partial charge is 0.258 e. The summed E-state index contributed by atoms with van der Waals surface area (Å²) in [4.78, 5) is 0. The zero-order valence-electron chi connectivity index (χ0n) is 11.0. The van der Waals surface area contributed by atoms with Crippen molar-refractivity contribution in [3.63, 3.8) is 0 Å². The van der Waals surface area contributed by atoms with Crippen LogP contribution in [0.15, 0.2) is 6.33 Å². The Balaban J connectivity index is 1.72. The average Bonchev–Trinajstić information content (AvgIpc) is 2.76. The molecule has 4 saturated carbocycles. The van der Waals surface area contributed by atoms with Crippen molar-refractivity contribution in [1.29, 1.82) is 0 Å². The molecule has 0 radical (unpaired) electrons. The van der Waals surface area contributed by atoms with Crippen LogP contribution in [0.25, 0.3) is 0 Å². The highest BCUT2D eigenvalue weighted by Gasteiger charge is 2.53. The molecule has 0 aliphatic heterocycles. The van der Waals surface area contributed by atoms with E-state index in [4.69, 9.17) is 0 Å². The van der Waals surface area contributed by atoms with Crippen LogP contribution in [0.3, 0.4) is 0 Å². The molecule has 0 unspecified atom stereocenters. The van der Waals surface area contributed by atoms with Gasteiger partial charge in [0.1, 0.15) is 12.2 Å². The Morgan fingerprint density at radius 3 is 2.39 bits per heavy atom. The molecular weight excluding hydrogens is 242 g/mol. The van der Waals surface area contributed by atoms with Crippen molar-refractivity contribution in [2.45, 2.75) is 50.9 Å². The van der Waals surface area contributed by atoms with Crippen LogP contribution in [0.4, 0.5) is 0 Å². The van der Waals surface area contributed by atoms with Gasteiger partial charge in [-0.05, 0) is 68.2 Å². The van der Waals surface area contributed by atoms with Gasteiger partial charge in [-0.15, -0.1) is 10.2 Å². The summed E-state index contributed by atoms with van der Waals surface area (Å²) < 4.78 is 2.26. The molecular formula is C14H21N3S. The Labute approximate surface area is 113 Å².